The van der Waals surface area contributed by atoms with Crippen molar-refractivity contribution in [2.45, 2.75) is 40.5 Å². The number of hydrogen-bond donors (Lipinski definition) is 2. The van der Waals surface area contributed by atoms with Crippen LogP contribution in [0.25, 0.3) is 0 Å². The van der Waals surface area contributed by atoms with E-state index in [0.29, 0.717) is 0 Å². The molecule has 0 aliphatic rings. The Morgan fingerprint density at radius 2 is 1.44 bits per heavy atom. The van der Waals surface area contributed by atoms with Crippen LogP contribution < -0.4 is 0 Å². The fourth-order valence-corrected chi connectivity index (χ4v) is 5.93. The summed E-state index contributed by atoms with van der Waals surface area (Å²) in [6.45, 7) is 7.91. The molecule has 0 heterocycles. The maximum atomic E-state index is 11.6. The van der Waals surface area contributed by atoms with Crippen molar-refractivity contribution in [2.75, 3.05) is 19.8 Å². The molecule has 0 saturated carbocycles. The summed E-state index contributed by atoms with van der Waals surface area (Å²) in [6.07, 6.45) is 1.78. The molecule has 2 N–H and O–H groups in total. The van der Waals surface area contributed by atoms with Gasteiger partial charge in [0.1, 0.15) is 0 Å². The minimum absolute atomic E-state index is 0.153. The summed E-state index contributed by atoms with van der Waals surface area (Å²) in [5.41, 5.74) is 0. The molecule has 0 radical (unpaired) electrons. The topological polar surface area (TPSA) is 85.2 Å². The van der Waals surface area contributed by atoms with Crippen LogP contribution >= 0.6 is 7.14 Å². The van der Waals surface area contributed by atoms with Crippen LogP contribution in [0.1, 0.15) is 40.5 Å². The average molecular weight is 300 g/mol. The Morgan fingerprint density at radius 1 is 1.00 bits per heavy atom. The molecule has 0 aliphatic heterocycles. The van der Waals surface area contributed by atoms with Gasteiger partial charge >= 0.3 is 15.6 Å². The first-order valence-corrected chi connectivity index (χ1v) is 10.5. The number of rotatable bonds is 10. The third-order valence-corrected chi connectivity index (χ3v) is 8.52. The van der Waals surface area contributed by atoms with Crippen molar-refractivity contribution in [3.05, 3.63) is 0 Å². The van der Waals surface area contributed by atoms with Crippen LogP contribution in [0.2, 0.25) is 0 Å². The van der Waals surface area contributed by atoms with E-state index in [1.165, 1.54) is 0 Å². The lowest BCUT2D eigenvalue weighted by molar-refractivity contribution is 0.0657. The Hall–Kier alpha value is 0.247. The Labute approximate surface area is 110 Å². The summed E-state index contributed by atoms with van der Waals surface area (Å²) in [6, 6.07) is 0. The minimum Gasteiger partial charge on any atom is -0.366 e. The van der Waals surface area contributed by atoms with Gasteiger partial charge in [0.2, 0.25) is 0 Å². The average Bonchev–Trinajstić information content (AvgIpc) is 2.29. The van der Waals surface area contributed by atoms with Crippen LogP contribution in [0.3, 0.4) is 0 Å². The highest BCUT2D eigenvalue weighted by Crippen LogP contribution is 2.49. The molecule has 6 nitrogen and oxygen atoms in total. The molecule has 18 heavy (non-hydrogen) atoms. The standard InChI is InChI=1S/C10H25O6PSi/c1-5-10(6-2)9-16-18(14-7-3,15-8-4)17(11,12)13/h10H,5-9H2,1-4H3,(H2,11,12,13). The SMILES string of the molecule is CCO[Si](OCC)(OCC(CC)CC)P(=O)(O)O. The molecule has 0 aromatic rings. The van der Waals surface area contributed by atoms with E-state index in [-0.39, 0.29) is 25.7 Å². The molecule has 0 atom stereocenters. The lowest BCUT2D eigenvalue weighted by Crippen LogP contribution is -2.47. The maximum Gasteiger partial charge on any atom is 0.626 e. The third kappa shape index (κ3) is 5.09. The fraction of sp³-hybridized carbons (Fsp3) is 1.00. The van der Waals surface area contributed by atoms with Gasteiger partial charge in [0.05, 0.1) is 0 Å². The van der Waals surface area contributed by atoms with Gasteiger partial charge in [-0.2, -0.15) is 0 Å². The Morgan fingerprint density at radius 3 is 1.72 bits per heavy atom. The van der Waals surface area contributed by atoms with Crippen LogP contribution in [-0.2, 0) is 17.8 Å². The lowest BCUT2D eigenvalue weighted by Gasteiger charge is -2.30. The molecule has 0 saturated heterocycles. The van der Waals surface area contributed by atoms with Crippen LogP contribution in [0, 0.1) is 5.92 Å². The third-order valence-electron chi connectivity index (χ3n) is 2.67. The smallest absolute Gasteiger partial charge is 0.366 e. The van der Waals surface area contributed by atoms with Gasteiger partial charge in [-0.25, -0.2) is 0 Å². The molecule has 0 aliphatic carbocycles. The van der Waals surface area contributed by atoms with Gasteiger partial charge in [0.25, 0.3) is 0 Å². The van der Waals surface area contributed by atoms with E-state index < -0.39 is 15.6 Å². The van der Waals surface area contributed by atoms with Crippen molar-refractivity contribution in [2.24, 2.45) is 5.92 Å². The zero-order chi connectivity index (χ0) is 14.2. The minimum atomic E-state index is -4.54. The molecule has 0 bridgehead atoms. The first-order chi connectivity index (χ1) is 8.36. The first kappa shape index (κ1) is 18.2. The highest BCUT2D eigenvalue weighted by atomic mass is 31.5. The Balaban J connectivity index is 4.89. The van der Waals surface area contributed by atoms with Gasteiger partial charge in [-0.05, 0) is 19.8 Å². The molecule has 0 amide bonds. The Bertz CT molecular complexity index is 259. The van der Waals surface area contributed by atoms with Crippen LogP contribution in [0.4, 0.5) is 0 Å². The highest BCUT2D eigenvalue weighted by Gasteiger charge is 2.59. The van der Waals surface area contributed by atoms with E-state index >= 15 is 0 Å². The van der Waals surface area contributed by atoms with Crippen molar-refractivity contribution < 1.29 is 27.6 Å². The van der Waals surface area contributed by atoms with Gasteiger partial charge < -0.3 is 23.1 Å². The predicted molar refractivity (Wildman–Crippen MR) is 71.1 cm³/mol. The summed E-state index contributed by atoms with van der Waals surface area (Å²) < 4.78 is 27.5. The summed E-state index contributed by atoms with van der Waals surface area (Å²) in [4.78, 5) is 18.9. The molecule has 0 aromatic heterocycles. The van der Waals surface area contributed by atoms with E-state index in [2.05, 4.69) is 0 Å². The monoisotopic (exact) mass is 300 g/mol. The predicted octanol–water partition coefficient (Wildman–Crippen LogP) is 2.13. The molecule has 0 rings (SSSR count). The zero-order valence-corrected chi connectivity index (χ0v) is 13.5. The lowest BCUT2D eigenvalue weighted by atomic mass is 10.1. The molecule has 0 aromatic carbocycles. The van der Waals surface area contributed by atoms with Gasteiger partial charge in [-0.1, -0.05) is 26.7 Å². The van der Waals surface area contributed by atoms with Crippen molar-refractivity contribution in [1.82, 2.24) is 0 Å². The molecule has 110 valence electrons. The van der Waals surface area contributed by atoms with Crippen LogP contribution in [0.5, 0.6) is 0 Å². The quantitative estimate of drug-likeness (QED) is 0.475. The maximum absolute atomic E-state index is 11.6. The first-order valence-electron chi connectivity index (χ1n) is 6.34. The van der Waals surface area contributed by atoms with Gasteiger partial charge in [0, 0.05) is 19.8 Å². The molecule has 0 fully saturated rings. The normalized spacial score (nSPS) is 13.3. The summed E-state index contributed by atoms with van der Waals surface area (Å²) in [5, 5.41) is 0. The molecular formula is C10H25O6PSi. The second kappa shape index (κ2) is 8.42. The number of hydrogen-bond acceptors (Lipinski definition) is 4. The second-order valence-electron chi connectivity index (χ2n) is 3.93. The van der Waals surface area contributed by atoms with E-state index in [4.69, 9.17) is 13.3 Å². The summed E-state index contributed by atoms with van der Waals surface area (Å²) in [5.74, 6) is 0.254. The van der Waals surface area contributed by atoms with Crippen LogP contribution in [-0.4, -0.2) is 38.1 Å². The molecular weight excluding hydrogens is 275 g/mol. The summed E-state index contributed by atoms with van der Waals surface area (Å²) in [7, 11) is -8.47. The fourth-order valence-electron chi connectivity index (χ4n) is 1.49. The van der Waals surface area contributed by atoms with Crippen molar-refractivity contribution in [1.29, 1.82) is 0 Å². The molecule has 0 spiro atoms. The van der Waals surface area contributed by atoms with Gasteiger partial charge in [-0.3, -0.25) is 4.57 Å². The second-order valence-corrected chi connectivity index (χ2v) is 10.3. The van der Waals surface area contributed by atoms with E-state index in [0.717, 1.165) is 12.8 Å². The molecule has 0 unspecified atom stereocenters. The van der Waals surface area contributed by atoms with Crippen molar-refractivity contribution in [3.63, 3.8) is 0 Å². The summed E-state index contributed by atoms with van der Waals surface area (Å²) >= 11 is 0. The molecule has 8 heteroatoms. The van der Waals surface area contributed by atoms with Crippen molar-refractivity contribution in [3.8, 4) is 0 Å². The van der Waals surface area contributed by atoms with E-state index in [1.54, 1.807) is 13.8 Å². The van der Waals surface area contributed by atoms with E-state index in [9.17, 15) is 14.4 Å². The van der Waals surface area contributed by atoms with E-state index in [1.807, 2.05) is 13.8 Å². The highest BCUT2D eigenvalue weighted by molar-refractivity contribution is 7.88. The van der Waals surface area contributed by atoms with Crippen molar-refractivity contribution >= 4 is 15.6 Å². The van der Waals surface area contributed by atoms with Crippen LogP contribution in [0.15, 0.2) is 0 Å². The van der Waals surface area contributed by atoms with Gasteiger partial charge in [0.15, 0.2) is 0 Å². The van der Waals surface area contributed by atoms with Gasteiger partial charge in [-0.15, -0.1) is 0 Å². The zero-order valence-electron chi connectivity index (χ0n) is 11.6. The Kier molecular flexibility index (Phi) is 8.54. The largest absolute Gasteiger partial charge is 0.626 e.